The number of unbranched alkanes of at least 4 members (excludes halogenated alkanes) is 1. The van der Waals surface area contributed by atoms with Gasteiger partial charge in [0.15, 0.2) is 11.6 Å². The molecule has 0 saturated heterocycles. The number of rotatable bonds is 6. The van der Waals surface area contributed by atoms with E-state index in [0.717, 1.165) is 36.0 Å². The molecule has 0 radical (unpaired) electrons. The summed E-state index contributed by atoms with van der Waals surface area (Å²) >= 11 is 0. The standard InChI is InChI=1S/C28H26F4/c1-3-5-6-17-7-11-21(25(29)15-17)19-9-12-22-20(16-19)10-14-23(27(22)31)24-13-8-18(4-2)26(30)28(24)32/h7-11,13-15H,3-6,12,16H2,1-2H3. The average Bonchev–Trinajstić information content (AvgIpc) is 2.80. The lowest BCUT2D eigenvalue weighted by molar-refractivity contribution is 0.501. The summed E-state index contributed by atoms with van der Waals surface area (Å²) in [6, 6.07) is 11.5. The number of halogens is 4. The quantitative estimate of drug-likeness (QED) is 0.342. The topological polar surface area (TPSA) is 0 Å². The van der Waals surface area contributed by atoms with Crippen molar-refractivity contribution in [2.45, 2.75) is 52.4 Å². The molecule has 0 aliphatic heterocycles. The second-order valence-electron chi connectivity index (χ2n) is 8.35. The van der Waals surface area contributed by atoms with Crippen molar-refractivity contribution in [3.8, 4) is 11.1 Å². The minimum atomic E-state index is -1.03. The molecule has 0 heterocycles. The van der Waals surface area contributed by atoms with Gasteiger partial charge in [0, 0.05) is 16.7 Å². The Kier molecular flexibility index (Phi) is 6.50. The van der Waals surface area contributed by atoms with Crippen LogP contribution in [0, 0.1) is 23.3 Å². The lowest BCUT2D eigenvalue weighted by atomic mass is 9.85. The van der Waals surface area contributed by atoms with Gasteiger partial charge in [-0.2, -0.15) is 0 Å². The van der Waals surface area contributed by atoms with Gasteiger partial charge in [-0.1, -0.05) is 62.7 Å². The Hall–Kier alpha value is -2.88. The molecular formula is C28H26F4. The Balaban J connectivity index is 1.64. The second-order valence-corrected chi connectivity index (χ2v) is 8.35. The van der Waals surface area contributed by atoms with Crippen LogP contribution in [0.3, 0.4) is 0 Å². The van der Waals surface area contributed by atoms with Gasteiger partial charge in [-0.05, 0) is 66.0 Å². The van der Waals surface area contributed by atoms with Crippen molar-refractivity contribution in [2.24, 2.45) is 0 Å². The van der Waals surface area contributed by atoms with Crippen molar-refractivity contribution in [3.63, 3.8) is 0 Å². The molecule has 0 amide bonds. The van der Waals surface area contributed by atoms with Crippen LogP contribution in [0.2, 0.25) is 0 Å². The number of aryl methyl sites for hydroxylation is 2. The van der Waals surface area contributed by atoms with Gasteiger partial charge >= 0.3 is 0 Å². The monoisotopic (exact) mass is 438 g/mol. The van der Waals surface area contributed by atoms with Gasteiger partial charge < -0.3 is 0 Å². The molecule has 1 aliphatic rings. The summed E-state index contributed by atoms with van der Waals surface area (Å²) in [5.41, 5.74) is 3.74. The lowest BCUT2D eigenvalue weighted by Crippen LogP contribution is -2.08. The fourth-order valence-corrected chi connectivity index (χ4v) is 4.39. The van der Waals surface area contributed by atoms with Crippen molar-refractivity contribution in [3.05, 3.63) is 99.6 Å². The average molecular weight is 439 g/mol. The molecule has 4 rings (SSSR count). The van der Waals surface area contributed by atoms with E-state index in [4.69, 9.17) is 0 Å². The van der Waals surface area contributed by atoms with Crippen molar-refractivity contribution < 1.29 is 17.6 Å². The van der Waals surface area contributed by atoms with Gasteiger partial charge in [0.1, 0.15) is 11.6 Å². The Labute approximate surface area is 186 Å². The Morgan fingerprint density at radius 2 is 1.50 bits per heavy atom. The molecule has 0 aromatic heterocycles. The van der Waals surface area contributed by atoms with E-state index in [2.05, 4.69) is 6.92 Å². The molecule has 0 bridgehead atoms. The zero-order valence-corrected chi connectivity index (χ0v) is 18.4. The number of benzene rings is 3. The zero-order chi connectivity index (χ0) is 22.8. The maximum Gasteiger partial charge on any atom is 0.167 e. The highest BCUT2D eigenvalue weighted by Crippen LogP contribution is 2.36. The van der Waals surface area contributed by atoms with Crippen LogP contribution >= 0.6 is 0 Å². The maximum atomic E-state index is 15.3. The second kappa shape index (κ2) is 9.32. The minimum Gasteiger partial charge on any atom is -0.206 e. The van der Waals surface area contributed by atoms with Gasteiger partial charge in [0.25, 0.3) is 0 Å². The molecule has 0 nitrogen and oxygen atoms in total. The van der Waals surface area contributed by atoms with Crippen LogP contribution in [0.15, 0.2) is 48.5 Å². The number of hydrogen-bond acceptors (Lipinski definition) is 0. The molecule has 3 aromatic rings. The van der Waals surface area contributed by atoms with E-state index < -0.39 is 17.5 Å². The van der Waals surface area contributed by atoms with Crippen molar-refractivity contribution in [1.82, 2.24) is 0 Å². The first kappa shape index (κ1) is 22.3. The van der Waals surface area contributed by atoms with E-state index in [-0.39, 0.29) is 28.9 Å². The Morgan fingerprint density at radius 1 is 0.781 bits per heavy atom. The molecule has 0 unspecified atom stereocenters. The van der Waals surface area contributed by atoms with Gasteiger partial charge in [-0.25, -0.2) is 17.6 Å². The highest BCUT2D eigenvalue weighted by Gasteiger charge is 2.23. The summed E-state index contributed by atoms with van der Waals surface area (Å²) in [4.78, 5) is 0. The summed E-state index contributed by atoms with van der Waals surface area (Å²) in [6.45, 7) is 3.84. The highest BCUT2D eigenvalue weighted by atomic mass is 19.2. The lowest BCUT2D eigenvalue weighted by Gasteiger charge is -2.20. The molecule has 0 spiro atoms. The fourth-order valence-electron chi connectivity index (χ4n) is 4.39. The molecule has 32 heavy (non-hydrogen) atoms. The summed E-state index contributed by atoms with van der Waals surface area (Å²) in [7, 11) is 0. The van der Waals surface area contributed by atoms with Crippen LogP contribution in [0.1, 0.15) is 54.5 Å². The van der Waals surface area contributed by atoms with E-state index in [1.165, 1.54) is 18.2 Å². The van der Waals surface area contributed by atoms with Crippen LogP contribution in [0.4, 0.5) is 17.6 Å². The molecule has 0 saturated carbocycles. The predicted octanol–water partition coefficient (Wildman–Crippen LogP) is 8.00. The zero-order valence-electron chi connectivity index (χ0n) is 18.4. The van der Waals surface area contributed by atoms with E-state index in [1.54, 1.807) is 25.1 Å². The molecule has 3 aromatic carbocycles. The van der Waals surface area contributed by atoms with Gasteiger partial charge in [-0.15, -0.1) is 0 Å². The molecule has 0 N–H and O–H groups in total. The molecule has 4 heteroatoms. The smallest absolute Gasteiger partial charge is 0.167 e. The highest BCUT2D eigenvalue weighted by molar-refractivity contribution is 5.74. The van der Waals surface area contributed by atoms with Crippen LogP contribution in [0.5, 0.6) is 0 Å². The first-order valence-corrected chi connectivity index (χ1v) is 11.2. The fraction of sp³-hybridized carbons (Fsp3) is 0.286. The summed E-state index contributed by atoms with van der Waals surface area (Å²) in [5, 5.41) is 0. The number of fused-ring (bicyclic) bond motifs is 1. The van der Waals surface area contributed by atoms with E-state index in [9.17, 15) is 13.2 Å². The molecule has 166 valence electrons. The summed E-state index contributed by atoms with van der Waals surface area (Å²) in [6.07, 6.45) is 5.78. The normalized spacial score (nSPS) is 13.1. The van der Waals surface area contributed by atoms with E-state index in [1.807, 2.05) is 12.1 Å². The summed E-state index contributed by atoms with van der Waals surface area (Å²) < 4.78 is 58.9. The van der Waals surface area contributed by atoms with Crippen LogP contribution in [-0.2, 0) is 25.7 Å². The third-order valence-electron chi connectivity index (χ3n) is 6.31. The SMILES string of the molecule is CCCCc1ccc(C2=CCc3c(ccc(-c4ccc(CC)c(F)c4F)c3F)C2)c(F)c1. The maximum absolute atomic E-state index is 15.3. The molecule has 0 atom stereocenters. The van der Waals surface area contributed by atoms with Crippen molar-refractivity contribution in [2.75, 3.05) is 0 Å². The number of hydrogen-bond donors (Lipinski definition) is 0. The van der Waals surface area contributed by atoms with Crippen LogP contribution in [0.25, 0.3) is 16.7 Å². The Morgan fingerprint density at radius 3 is 2.22 bits per heavy atom. The molecular weight excluding hydrogens is 412 g/mol. The van der Waals surface area contributed by atoms with Gasteiger partial charge in [0.05, 0.1) is 0 Å². The van der Waals surface area contributed by atoms with Crippen LogP contribution < -0.4 is 0 Å². The van der Waals surface area contributed by atoms with E-state index >= 15 is 4.39 Å². The van der Waals surface area contributed by atoms with Crippen LogP contribution in [-0.4, -0.2) is 0 Å². The largest absolute Gasteiger partial charge is 0.206 e. The van der Waals surface area contributed by atoms with Gasteiger partial charge in [0.2, 0.25) is 0 Å². The third kappa shape index (κ3) is 4.11. The summed E-state index contributed by atoms with van der Waals surface area (Å²) in [5.74, 6) is -2.77. The van der Waals surface area contributed by atoms with Gasteiger partial charge in [-0.3, -0.25) is 0 Å². The third-order valence-corrected chi connectivity index (χ3v) is 6.31. The predicted molar refractivity (Wildman–Crippen MR) is 122 cm³/mol. The van der Waals surface area contributed by atoms with Crippen molar-refractivity contribution >= 4 is 5.57 Å². The molecule has 0 fully saturated rings. The van der Waals surface area contributed by atoms with Crippen molar-refractivity contribution in [1.29, 1.82) is 0 Å². The first-order chi connectivity index (χ1) is 15.4. The minimum absolute atomic E-state index is 0.0473. The van der Waals surface area contributed by atoms with E-state index in [0.29, 0.717) is 24.0 Å². The number of allylic oxidation sites excluding steroid dienone is 2. The molecule has 1 aliphatic carbocycles. The first-order valence-electron chi connectivity index (χ1n) is 11.2. The Bertz CT molecular complexity index is 1190.